The minimum atomic E-state index is 0.551. The summed E-state index contributed by atoms with van der Waals surface area (Å²) in [4.78, 5) is 8.68. The second kappa shape index (κ2) is 5.01. The molecule has 0 fully saturated rings. The molecule has 0 unspecified atom stereocenters. The topological polar surface area (TPSA) is 76.6 Å². The average molecular weight is 255 g/mol. The number of nitrogens with one attached hydrogen (secondary N) is 1. The highest BCUT2D eigenvalue weighted by Crippen LogP contribution is 2.27. The molecule has 2 aromatic heterocycles. The third-order valence-electron chi connectivity index (χ3n) is 2.67. The van der Waals surface area contributed by atoms with Crippen molar-refractivity contribution in [2.24, 2.45) is 0 Å². The molecule has 0 aliphatic rings. The molecule has 0 atom stereocenters. The van der Waals surface area contributed by atoms with Crippen LogP contribution in [0.5, 0.6) is 5.75 Å². The lowest BCUT2D eigenvalue weighted by atomic mass is 10.2. The monoisotopic (exact) mass is 255 g/mol. The van der Waals surface area contributed by atoms with Gasteiger partial charge in [-0.25, -0.2) is 9.97 Å². The molecule has 0 bridgehead atoms. The van der Waals surface area contributed by atoms with Crippen LogP contribution in [0.4, 0.5) is 0 Å². The summed E-state index contributed by atoms with van der Waals surface area (Å²) >= 11 is 0. The van der Waals surface area contributed by atoms with Crippen molar-refractivity contribution >= 4 is 11.2 Å². The molecule has 1 N–H and O–H groups in total. The summed E-state index contributed by atoms with van der Waals surface area (Å²) in [5.74, 6) is 1.38. The first-order chi connectivity index (χ1) is 9.38. The van der Waals surface area contributed by atoms with Crippen LogP contribution in [0.3, 0.4) is 0 Å². The van der Waals surface area contributed by atoms with E-state index >= 15 is 0 Å². The molecule has 0 saturated carbocycles. The molecule has 3 rings (SSSR count). The van der Waals surface area contributed by atoms with Crippen LogP contribution in [0.2, 0.25) is 0 Å². The first kappa shape index (κ1) is 11.6. The van der Waals surface area contributed by atoms with E-state index in [4.69, 9.17) is 4.74 Å². The molecule has 0 radical (unpaired) electrons. The van der Waals surface area contributed by atoms with Crippen molar-refractivity contribution in [3.63, 3.8) is 0 Å². The lowest BCUT2D eigenvalue weighted by Crippen LogP contribution is -1.98. The third kappa shape index (κ3) is 2.24. The molecule has 1 aromatic carbocycles. The van der Waals surface area contributed by atoms with Gasteiger partial charge >= 0.3 is 0 Å². The zero-order valence-electron chi connectivity index (χ0n) is 10.5. The Hall–Kier alpha value is -2.50. The molecular formula is C13H13N5O. The maximum Gasteiger partial charge on any atom is 0.205 e. The van der Waals surface area contributed by atoms with Gasteiger partial charge in [-0.1, -0.05) is 19.1 Å². The zero-order valence-corrected chi connectivity index (χ0v) is 10.5. The van der Waals surface area contributed by atoms with Crippen molar-refractivity contribution in [1.82, 2.24) is 25.4 Å². The van der Waals surface area contributed by atoms with Crippen LogP contribution >= 0.6 is 0 Å². The molecular weight excluding hydrogens is 242 g/mol. The van der Waals surface area contributed by atoms with Crippen LogP contribution in [0, 0.1) is 0 Å². The van der Waals surface area contributed by atoms with Crippen LogP contribution in [0.25, 0.3) is 22.6 Å². The number of fused-ring (bicyclic) bond motifs is 1. The Bertz CT molecular complexity index is 694. The van der Waals surface area contributed by atoms with Crippen LogP contribution < -0.4 is 4.74 Å². The van der Waals surface area contributed by atoms with Gasteiger partial charge < -0.3 is 4.74 Å². The van der Waals surface area contributed by atoms with E-state index in [0.717, 1.165) is 17.7 Å². The SMILES string of the molecule is CCCOc1ccccc1-c1ncc2n[nH]nc2n1. The number of nitrogens with zero attached hydrogens (tertiary/aromatic N) is 4. The fourth-order valence-corrected chi connectivity index (χ4v) is 1.77. The molecule has 3 aromatic rings. The Labute approximate surface area is 109 Å². The fraction of sp³-hybridized carbons (Fsp3) is 0.231. The zero-order chi connectivity index (χ0) is 13.1. The lowest BCUT2D eigenvalue weighted by molar-refractivity contribution is 0.318. The Balaban J connectivity index is 2.04. The smallest absolute Gasteiger partial charge is 0.205 e. The molecule has 0 amide bonds. The number of aromatic amines is 1. The predicted octanol–water partition coefficient (Wildman–Crippen LogP) is 2.20. The molecule has 6 nitrogen and oxygen atoms in total. The van der Waals surface area contributed by atoms with E-state index in [1.165, 1.54) is 0 Å². The minimum absolute atomic E-state index is 0.551. The largest absolute Gasteiger partial charge is 0.493 e. The standard InChI is InChI=1S/C13H13N5O/c1-2-7-19-11-6-4-3-5-9(11)12-14-8-10-13(15-12)17-18-16-10/h3-6,8H,2,7H2,1H3,(H,14,15,16,17,18). The van der Waals surface area contributed by atoms with Crippen molar-refractivity contribution in [3.8, 4) is 17.1 Å². The van der Waals surface area contributed by atoms with Crippen LogP contribution in [0.15, 0.2) is 30.5 Å². The minimum Gasteiger partial charge on any atom is -0.493 e. The number of hydrogen-bond donors (Lipinski definition) is 1. The molecule has 2 heterocycles. The summed E-state index contributed by atoms with van der Waals surface area (Å²) in [6.45, 7) is 2.74. The van der Waals surface area contributed by atoms with Crippen molar-refractivity contribution < 1.29 is 4.74 Å². The first-order valence-electron chi connectivity index (χ1n) is 6.14. The van der Waals surface area contributed by atoms with E-state index in [9.17, 15) is 0 Å². The predicted molar refractivity (Wildman–Crippen MR) is 70.7 cm³/mol. The number of rotatable bonds is 4. The average Bonchev–Trinajstić information content (AvgIpc) is 2.92. The summed E-state index contributed by atoms with van der Waals surface area (Å²) in [6.07, 6.45) is 2.61. The van der Waals surface area contributed by atoms with Crippen molar-refractivity contribution in [2.75, 3.05) is 6.61 Å². The molecule has 6 heteroatoms. The highest BCUT2D eigenvalue weighted by atomic mass is 16.5. The van der Waals surface area contributed by atoms with Gasteiger partial charge in [-0.15, -0.1) is 5.10 Å². The maximum absolute atomic E-state index is 5.71. The number of benzene rings is 1. The second-order valence-electron chi connectivity index (χ2n) is 4.07. The second-order valence-corrected chi connectivity index (χ2v) is 4.07. The lowest BCUT2D eigenvalue weighted by Gasteiger charge is -2.09. The summed E-state index contributed by atoms with van der Waals surface area (Å²) in [5.41, 5.74) is 2.06. The summed E-state index contributed by atoms with van der Waals surface area (Å²) < 4.78 is 5.71. The van der Waals surface area contributed by atoms with Crippen molar-refractivity contribution in [2.45, 2.75) is 13.3 Å². The van der Waals surface area contributed by atoms with Gasteiger partial charge in [0.1, 0.15) is 11.3 Å². The summed E-state index contributed by atoms with van der Waals surface area (Å²) in [5, 5.41) is 10.4. The van der Waals surface area contributed by atoms with Gasteiger partial charge in [-0.2, -0.15) is 10.3 Å². The third-order valence-corrected chi connectivity index (χ3v) is 2.67. The van der Waals surface area contributed by atoms with E-state index in [0.29, 0.717) is 23.6 Å². The number of aromatic nitrogens is 5. The molecule has 0 aliphatic heterocycles. The van der Waals surface area contributed by atoms with Crippen molar-refractivity contribution in [3.05, 3.63) is 30.5 Å². The van der Waals surface area contributed by atoms with Gasteiger partial charge in [0.25, 0.3) is 0 Å². The number of ether oxygens (including phenoxy) is 1. The molecule has 0 spiro atoms. The van der Waals surface area contributed by atoms with Gasteiger partial charge in [-0.3, -0.25) is 0 Å². The Morgan fingerprint density at radius 2 is 2.11 bits per heavy atom. The Morgan fingerprint density at radius 1 is 1.21 bits per heavy atom. The van der Waals surface area contributed by atoms with E-state index in [2.05, 4.69) is 32.3 Å². The van der Waals surface area contributed by atoms with E-state index in [-0.39, 0.29) is 0 Å². The van der Waals surface area contributed by atoms with Crippen LogP contribution in [0.1, 0.15) is 13.3 Å². The van der Waals surface area contributed by atoms with Crippen LogP contribution in [-0.2, 0) is 0 Å². The fourth-order valence-electron chi connectivity index (χ4n) is 1.77. The Kier molecular flexibility index (Phi) is 3.06. The number of H-pyrrole nitrogens is 1. The summed E-state index contributed by atoms with van der Waals surface area (Å²) in [6, 6.07) is 7.72. The number of para-hydroxylation sites is 1. The van der Waals surface area contributed by atoms with Gasteiger partial charge in [0, 0.05) is 0 Å². The molecule has 0 aliphatic carbocycles. The Morgan fingerprint density at radius 3 is 3.00 bits per heavy atom. The first-order valence-corrected chi connectivity index (χ1v) is 6.14. The van der Waals surface area contributed by atoms with Gasteiger partial charge in [-0.05, 0) is 18.6 Å². The van der Waals surface area contributed by atoms with E-state index in [1.54, 1.807) is 6.20 Å². The molecule has 96 valence electrons. The summed E-state index contributed by atoms with van der Waals surface area (Å²) in [7, 11) is 0. The van der Waals surface area contributed by atoms with Gasteiger partial charge in [0.05, 0.1) is 18.4 Å². The highest BCUT2D eigenvalue weighted by molar-refractivity contribution is 5.72. The number of hydrogen-bond acceptors (Lipinski definition) is 5. The van der Waals surface area contributed by atoms with Crippen molar-refractivity contribution in [1.29, 1.82) is 0 Å². The van der Waals surface area contributed by atoms with E-state index in [1.807, 2.05) is 24.3 Å². The van der Waals surface area contributed by atoms with Crippen LogP contribution in [-0.4, -0.2) is 32.0 Å². The molecule has 19 heavy (non-hydrogen) atoms. The normalized spacial score (nSPS) is 10.8. The maximum atomic E-state index is 5.71. The highest BCUT2D eigenvalue weighted by Gasteiger charge is 2.10. The quantitative estimate of drug-likeness (QED) is 0.773. The van der Waals surface area contributed by atoms with E-state index < -0.39 is 0 Å². The van der Waals surface area contributed by atoms with Gasteiger partial charge in [0.2, 0.25) is 5.65 Å². The molecule has 0 saturated heterocycles. The van der Waals surface area contributed by atoms with Gasteiger partial charge in [0.15, 0.2) is 5.82 Å².